The topological polar surface area (TPSA) is 268 Å². The largest absolute Gasteiger partial charge is 0.382 e. The molecule has 6 heterocycles. The summed E-state index contributed by atoms with van der Waals surface area (Å²) in [5, 5.41) is 3.43. The molecule has 7 N–H and O–H groups in total. The molecule has 0 saturated heterocycles. The van der Waals surface area contributed by atoms with Gasteiger partial charge in [-0.15, -0.1) is 6.54 Å². The molecule has 0 aliphatic rings. The quantitative estimate of drug-likeness (QED) is 0.0882. The third kappa shape index (κ3) is 9.56. The number of imidazole rings is 3. The first-order chi connectivity index (χ1) is 19.4. The minimum atomic E-state index is 0. The van der Waals surface area contributed by atoms with E-state index in [1.165, 1.54) is 25.3 Å². The van der Waals surface area contributed by atoms with Crippen LogP contribution in [0.2, 0.25) is 0 Å². The van der Waals surface area contributed by atoms with Crippen molar-refractivity contribution in [3.8, 4) is 0 Å². The molecule has 0 aliphatic heterocycles. The van der Waals surface area contributed by atoms with Crippen LogP contribution in [-0.2, 0) is 78.5 Å². The zero-order valence-electron chi connectivity index (χ0n) is 22.9. The summed E-state index contributed by atoms with van der Waals surface area (Å²) in [5.41, 5.74) is 28.7. The Morgan fingerprint density at radius 1 is 0.810 bits per heavy atom. The van der Waals surface area contributed by atoms with Gasteiger partial charge in [0, 0.05) is 83.4 Å². The molecule has 6 aromatic rings. The predicted octanol–water partition coefficient (Wildman–Crippen LogP) is 2.12. The summed E-state index contributed by atoms with van der Waals surface area (Å²) < 4.78 is 3.58. The molecule has 0 aliphatic carbocycles. The minimum absolute atomic E-state index is 0. The Balaban J connectivity index is 0.000000298. The van der Waals surface area contributed by atoms with E-state index in [1.54, 1.807) is 17.2 Å². The van der Waals surface area contributed by atoms with E-state index in [2.05, 4.69) is 73.7 Å². The number of rotatable bonds is 4. The van der Waals surface area contributed by atoms with Gasteiger partial charge in [-0.3, -0.25) is 0 Å². The van der Waals surface area contributed by atoms with E-state index in [4.69, 9.17) is 22.7 Å². The molecule has 6 aromatic heterocycles. The van der Waals surface area contributed by atoms with Crippen LogP contribution < -0.4 is 17.2 Å². The molecular formula is C22H28N18Y2-2. The maximum absolute atomic E-state index is 8.14. The summed E-state index contributed by atoms with van der Waals surface area (Å²) in [6, 6.07) is 0. The fourth-order valence-corrected chi connectivity index (χ4v) is 3.11. The molecule has 6 rings (SSSR count). The van der Waals surface area contributed by atoms with E-state index in [-0.39, 0.29) is 65.4 Å². The number of nitrogens with two attached hydrogens (primary N) is 3. The van der Waals surface area contributed by atoms with E-state index in [0.717, 1.165) is 12.1 Å². The van der Waals surface area contributed by atoms with Crippen LogP contribution >= 0.6 is 0 Å². The summed E-state index contributed by atoms with van der Waals surface area (Å²) in [6.45, 7) is 10.7. The summed E-state index contributed by atoms with van der Waals surface area (Å²) in [7, 11) is 0. The Morgan fingerprint density at radius 2 is 1.33 bits per heavy atom. The summed E-state index contributed by atoms with van der Waals surface area (Å²) in [6.07, 6.45) is 9.98. The van der Waals surface area contributed by atoms with Gasteiger partial charge >= 0.3 is 0 Å². The second-order valence-electron chi connectivity index (χ2n) is 7.55. The number of nitrogens with one attached hydrogen (secondary N) is 1. The Bertz CT molecular complexity index is 1700. The van der Waals surface area contributed by atoms with Crippen LogP contribution in [0.15, 0.2) is 43.1 Å². The van der Waals surface area contributed by atoms with Gasteiger partial charge in [0.15, 0.2) is 34.4 Å². The molecular weight excluding hydrogens is 694 g/mol. The predicted molar refractivity (Wildman–Crippen MR) is 151 cm³/mol. The molecule has 0 bridgehead atoms. The fraction of sp³-hybridized carbons (Fsp3) is 0.227. The molecule has 20 heteroatoms. The van der Waals surface area contributed by atoms with Gasteiger partial charge in [-0.1, -0.05) is 12.0 Å². The molecule has 0 saturated carbocycles. The molecule has 0 atom stereocenters. The van der Waals surface area contributed by atoms with Gasteiger partial charge in [0.1, 0.15) is 35.5 Å². The van der Waals surface area contributed by atoms with Gasteiger partial charge in [-0.05, 0) is 5.53 Å². The van der Waals surface area contributed by atoms with Crippen molar-refractivity contribution < 1.29 is 65.4 Å². The van der Waals surface area contributed by atoms with Gasteiger partial charge in [0.2, 0.25) is 0 Å². The smallest absolute Gasteiger partial charge is 0.182 e. The summed E-state index contributed by atoms with van der Waals surface area (Å²) >= 11 is 0. The molecule has 2 radical (unpaired) electrons. The monoisotopic (exact) mass is 722 g/mol. The molecule has 18 nitrogen and oxygen atoms in total. The second-order valence-corrected chi connectivity index (χ2v) is 7.55. The van der Waals surface area contributed by atoms with Crippen molar-refractivity contribution in [1.29, 1.82) is 0 Å². The molecule has 0 spiro atoms. The zero-order chi connectivity index (χ0) is 28.9. The van der Waals surface area contributed by atoms with E-state index in [1.807, 2.05) is 11.5 Å². The van der Waals surface area contributed by atoms with E-state index in [0.29, 0.717) is 64.9 Å². The first-order valence-electron chi connectivity index (χ1n) is 11.8. The number of aromatic amines is 1. The number of hydrogen-bond acceptors (Lipinski definition) is 13. The number of hydrogen-bond donors (Lipinski definition) is 4. The number of fused-ring (bicyclic) bond motifs is 3. The Hall–Kier alpha value is -3.43. The average Bonchev–Trinajstić information content (AvgIpc) is 3.70. The van der Waals surface area contributed by atoms with Crippen LogP contribution in [-0.4, -0.2) is 65.5 Å². The second kappa shape index (κ2) is 18.9. The van der Waals surface area contributed by atoms with Crippen LogP contribution in [0.25, 0.3) is 43.9 Å². The molecule has 0 fully saturated rings. The van der Waals surface area contributed by atoms with Crippen LogP contribution in [0.3, 0.4) is 0 Å². The number of nitrogen functional groups attached to an aromatic ring is 3. The SMILES string of the molecule is Nc1ncnc2nc[nH]c12.[CH2-]CC.[CH2-]Cn1cnc2c(N)ncnc21.[N-]=[N+]=NCCn1cnc2c(N)ncnc21.[Y].[Y]. The normalized spacial score (nSPS) is 9.60. The molecule has 0 unspecified atom stereocenters. The number of azide groups is 1. The van der Waals surface area contributed by atoms with Crippen LogP contribution in [0.5, 0.6) is 0 Å². The van der Waals surface area contributed by atoms with Gasteiger partial charge in [-0.2, -0.15) is 6.42 Å². The fourth-order valence-electron chi connectivity index (χ4n) is 3.11. The van der Waals surface area contributed by atoms with Crippen LogP contribution in [0.4, 0.5) is 17.5 Å². The average molecular weight is 722 g/mol. The third-order valence-electron chi connectivity index (χ3n) is 4.86. The number of anilines is 3. The van der Waals surface area contributed by atoms with Gasteiger partial charge in [-0.25, -0.2) is 44.9 Å². The van der Waals surface area contributed by atoms with Crippen molar-refractivity contribution in [1.82, 2.24) is 59.0 Å². The van der Waals surface area contributed by atoms with Gasteiger partial charge in [0.05, 0.1) is 19.0 Å². The van der Waals surface area contributed by atoms with Crippen molar-refractivity contribution in [2.75, 3.05) is 23.7 Å². The summed E-state index contributed by atoms with van der Waals surface area (Å²) in [5.74, 6) is 1.19. The number of aromatic nitrogens is 12. The van der Waals surface area contributed by atoms with E-state index >= 15 is 0 Å². The van der Waals surface area contributed by atoms with Crippen LogP contribution in [0.1, 0.15) is 13.3 Å². The van der Waals surface area contributed by atoms with Gasteiger partial charge < -0.3 is 45.2 Å². The van der Waals surface area contributed by atoms with E-state index in [9.17, 15) is 0 Å². The summed E-state index contributed by atoms with van der Waals surface area (Å²) in [4.78, 5) is 40.9. The maximum atomic E-state index is 8.14. The standard InChI is InChI=1S/C7H8N8.C7H8N5.C5H5N5.C3H7.2Y/c8-6-5-7(11-3-10-6)15(4-12-5)2-1-13-14-9;1-2-12-4-11-5-6(8)9-3-10-7(5)12;6-4-3-5(9-1-7-3)10-2-8-4;1-3-2;;/h3-4H,1-2H2,(H2,8,10,11);3-4H,1-2H2,(H2,8,9,10);1-2H,(H3,6,7,8,9,10);1,3H2,2H3;;/q;-1;;-1;;. The zero-order valence-corrected chi connectivity index (χ0v) is 28.5. The molecule has 0 aromatic carbocycles. The first kappa shape index (κ1) is 36.6. The Labute approximate surface area is 290 Å². The van der Waals surface area contributed by atoms with Crippen molar-refractivity contribution in [2.24, 2.45) is 5.11 Å². The first-order valence-corrected chi connectivity index (χ1v) is 11.8. The Morgan fingerprint density at radius 3 is 1.88 bits per heavy atom. The van der Waals surface area contributed by atoms with E-state index < -0.39 is 0 Å². The minimum Gasteiger partial charge on any atom is -0.382 e. The number of nitrogens with zero attached hydrogens (tertiary/aromatic N) is 14. The molecule has 0 amide bonds. The molecule has 42 heavy (non-hydrogen) atoms. The van der Waals surface area contributed by atoms with Gasteiger partial charge in [0.25, 0.3) is 0 Å². The van der Waals surface area contributed by atoms with Crippen molar-refractivity contribution in [3.63, 3.8) is 0 Å². The molecule has 214 valence electrons. The third-order valence-corrected chi connectivity index (χ3v) is 4.86. The maximum Gasteiger partial charge on any atom is 0.182 e. The van der Waals surface area contributed by atoms with Crippen molar-refractivity contribution in [2.45, 2.75) is 26.4 Å². The van der Waals surface area contributed by atoms with Crippen molar-refractivity contribution in [3.05, 3.63) is 62.3 Å². The van der Waals surface area contributed by atoms with Crippen molar-refractivity contribution >= 4 is 50.9 Å². The van der Waals surface area contributed by atoms with Crippen LogP contribution in [0, 0.1) is 13.8 Å². The number of H-pyrrole nitrogens is 1. The Kier molecular flexibility index (Phi) is 16.5.